The lowest BCUT2D eigenvalue weighted by Gasteiger charge is -2.09. The van der Waals surface area contributed by atoms with Crippen LogP contribution in [0.2, 0.25) is 0 Å². The van der Waals surface area contributed by atoms with E-state index >= 15 is 0 Å². The molecule has 0 saturated heterocycles. The fourth-order valence-corrected chi connectivity index (χ4v) is 1.21. The molecule has 1 atom stereocenters. The van der Waals surface area contributed by atoms with Crippen LogP contribution >= 0.6 is 0 Å². The monoisotopic (exact) mass is 221 g/mol. The fraction of sp³-hybridized carbons (Fsp3) is 0.273. The minimum atomic E-state index is -1.09. The number of nitriles is 1. The Morgan fingerprint density at radius 1 is 1.50 bits per heavy atom. The summed E-state index contributed by atoms with van der Waals surface area (Å²) in [6.45, 7) is 1.82. The van der Waals surface area contributed by atoms with Crippen LogP contribution in [0.15, 0.2) is 18.2 Å². The van der Waals surface area contributed by atoms with Gasteiger partial charge in [0.15, 0.2) is 17.4 Å². The number of rotatable bonds is 3. The molecule has 16 heavy (non-hydrogen) atoms. The van der Waals surface area contributed by atoms with Crippen molar-refractivity contribution in [2.24, 2.45) is 0 Å². The molecule has 0 saturated carbocycles. The minimum absolute atomic E-state index is 0.182. The van der Waals surface area contributed by atoms with Crippen LogP contribution in [-0.2, 0) is 9.53 Å². The van der Waals surface area contributed by atoms with Gasteiger partial charge in [-0.3, -0.25) is 4.79 Å². The van der Waals surface area contributed by atoms with Crippen molar-refractivity contribution in [1.29, 1.82) is 5.26 Å². The fourth-order valence-electron chi connectivity index (χ4n) is 1.21. The second-order valence-electron chi connectivity index (χ2n) is 3.06. The predicted molar refractivity (Wildman–Crippen MR) is 54.8 cm³/mol. The topological polar surface area (TPSA) is 90.6 Å². The number of carbonyl (C=O) groups is 1. The zero-order valence-corrected chi connectivity index (χ0v) is 8.67. The molecule has 0 fully saturated rings. The maximum absolute atomic E-state index is 11.4. The predicted octanol–water partition coefficient (Wildman–Crippen LogP) is 1.27. The first-order valence-electron chi connectivity index (χ1n) is 4.68. The number of carbonyl (C=O) groups excluding carboxylic acids is 1. The minimum Gasteiger partial charge on any atom is -0.504 e. The second-order valence-corrected chi connectivity index (χ2v) is 3.06. The van der Waals surface area contributed by atoms with Gasteiger partial charge >= 0.3 is 5.97 Å². The quantitative estimate of drug-likeness (QED) is 0.592. The average Bonchev–Trinajstić information content (AvgIpc) is 2.25. The molecular weight excluding hydrogens is 210 g/mol. The van der Waals surface area contributed by atoms with Gasteiger partial charge in [0, 0.05) is 0 Å². The van der Waals surface area contributed by atoms with Crippen molar-refractivity contribution < 1.29 is 19.7 Å². The first-order chi connectivity index (χ1) is 7.60. The van der Waals surface area contributed by atoms with E-state index < -0.39 is 11.9 Å². The number of ether oxygens (including phenoxy) is 1. The highest BCUT2D eigenvalue weighted by molar-refractivity contribution is 5.81. The number of phenols is 2. The molecule has 5 heteroatoms. The van der Waals surface area contributed by atoms with E-state index in [4.69, 9.17) is 15.1 Å². The number of nitrogens with zero attached hydrogens (tertiary/aromatic N) is 1. The van der Waals surface area contributed by atoms with E-state index in [2.05, 4.69) is 0 Å². The number of hydrogen-bond acceptors (Lipinski definition) is 5. The van der Waals surface area contributed by atoms with E-state index in [0.29, 0.717) is 0 Å². The van der Waals surface area contributed by atoms with Crippen molar-refractivity contribution in [3.8, 4) is 17.6 Å². The third-order valence-corrected chi connectivity index (χ3v) is 1.98. The first-order valence-corrected chi connectivity index (χ1v) is 4.68. The van der Waals surface area contributed by atoms with Crippen LogP contribution < -0.4 is 0 Å². The summed E-state index contributed by atoms with van der Waals surface area (Å²) in [5.41, 5.74) is 0.288. The number of benzene rings is 1. The third-order valence-electron chi connectivity index (χ3n) is 1.98. The van der Waals surface area contributed by atoms with Gasteiger partial charge in [-0.05, 0) is 24.6 Å². The molecule has 1 aromatic carbocycles. The van der Waals surface area contributed by atoms with Crippen molar-refractivity contribution >= 4 is 5.97 Å². The van der Waals surface area contributed by atoms with Gasteiger partial charge in [-0.2, -0.15) is 5.26 Å². The molecular formula is C11H11NO4. The number of aromatic hydroxyl groups is 2. The summed E-state index contributed by atoms with van der Waals surface area (Å²) in [5, 5.41) is 27.2. The standard InChI is InChI=1S/C11H11NO4/c1-2-16-11(15)8(6-12)7-3-4-9(13)10(14)5-7/h3-5,8,13-14H,2H2,1H3. The molecule has 0 heterocycles. The second kappa shape index (κ2) is 5.03. The number of phenolic OH excluding ortho intramolecular Hbond substituents is 2. The Morgan fingerprint density at radius 2 is 2.19 bits per heavy atom. The summed E-state index contributed by atoms with van der Waals surface area (Å²) < 4.78 is 4.71. The Morgan fingerprint density at radius 3 is 2.69 bits per heavy atom. The van der Waals surface area contributed by atoms with Crippen LogP contribution in [-0.4, -0.2) is 22.8 Å². The molecule has 0 bridgehead atoms. The Balaban J connectivity index is 3.01. The summed E-state index contributed by atoms with van der Waals surface area (Å²) in [6.07, 6.45) is 0. The van der Waals surface area contributed by atoms with E-state index in [1.165, 1.54) is 18.2 Å². The van der Waals surface area contributed by atoms with Crippen molar-refractivity contribution in [3.63, 3.8) is 0 Å². The highest BCUT2D eigenvalue weighted by atomic mass is 16.5. The molecule has 1 aromatic rings. The van der Waals surface area contributed by atoms with Crippen LogP contribution in [0.5, 0.6) is 11.5 Å². The van der Waals surface area contributed by atoms with Crippen molar-refractivity contribution in [2.75, 3.05) is 6.61 Å². The summed E-state index contributed by atoms with van der Waals surface area (Å²) in [7, 11) is 0. The van der Waals surface area contributed by atoms with Gasteiger partial charge in [-0.25, -0.2) is 0 Å². The average molecular weight is 221 g/mol. The zero-order chi connectivity index (χ0) is 12.1. The van der Waals surface area contributed by atoms with Gasteiger partial charge in [0.05, 0.1) is 12.7 Å². The van der Waals surface area contributed by atoms with Crippen molar-refractivity contribution in [2.45, 2.75) is 12.8 Å². The SMILES string of the molecule is CCOC(=O)C(C#N)c1ccc(O)c(O)c1. The molecule has 0 amide bonds. The van der Waals surface area contributed by atoms with Crippen LogP contribution in [0.25, 0.3) is 0 Å². The van der Waals surface area contributed by atoms with E-state index in [0.717, 1.165) is 0 Å². The maximum atomic E-state index is 11.4. The Bertz CT molecular complexity index is 436. The largest absolute Gasteiger partial charge is 0.504 e. The molecule has 0 spiro atoms. The van der Waals surface area contributed by atoms with E-state index in [1.807, 2.05) is 0 Å². The summed E-state index contributed by atoms with van der Waals surface area (Å²) >= 11 is 0. The highest BCUT2D eigenvalue weighted by Crippen LogP contribution is 2.28. The highest BCUT2D eigenvalue weighted by Gasteiger charge is 2.22. The van der Waals surface area contributed by atoms with Crippen LogP contribution in [0.1, 0.15) is 18.4 Å². The number of esters is 1. The maximum Gasteiger partial charge on any atom is 0.327 e. The number of hydrogen-bond donors (Lipinski definition) is 2. The van der Waals surface area contributed by atoms with E-state index in [-0.39, 0.29) is 23.7 Å². The summed E-state index contributed by atoms with van der Waals surface area (Å²) in [4.78, 5) is 11.4. The molecule has 0 radical (unpaired) electrons. The lowest BCUT2D eigenvalue weighted by molar-refractivity contribution is -0.143. The zero-order valence-electron chi connectivity index (χ0n) is 8.67. The van der Waals surface area contributed by atoms with Gasteiger partial charge in [0.2, 0.25) is 0 Å². The molecule has 0 aliphatic carbocycles. The molecule has 1 unspecified atom stereocenters. The van der Waals surface area contributed by atoms with Crippen LogP contribution in [0.4, 0.5) is 0 Å². The normalized spacial score (nSPS) is 11.5. The lowest BCUT2D eigenvalue weighted by atomic mass is 10.0. The van der Waals surface area contributed by atoms with Gasteiger partial charge in [-0.1, -0.05) is 6.07 Å². The van der Waals surface area contributed by atoms with Crippen LogP contribution in [0, 0.1) is 11.3 Å². The molecule has 0 aromatic heterocycles. The molecule has 2 N–H and O–H groups in total. The van der Waals surface area contributed by atoms with Crippen molar-refractivity contribution in [3.05, 3.63) is 23.8 Å². The van der Waals surface area contributed by atoms with Gasteiger partial charge in [-0.15, -0.1) is 0 Å². The van der Waals surface area contributed by atoms with Gasteiger partial charge in [0.1, 0.15) is 0 Å². The smallest absolute Gasteiger partial charge is 0.327 e. The third kappa shape index (κ3) is 2.42. The molecule has 0 aliphatic rings. The summed E-state index contributed by atoms with van der Waals surface area (Å²) in [5.74, 6) is -2.44. The van der Waals surface area contributed by atoms with Crippen molar-refractivity contribution in [1.82, 2.24) is 0 Å². The molecule has 0 aliphatic heterocycles. The first kappa shape index (κ1) is 11.9. The van der Waals surface area contributed by atoms with Gasteiger partial charge in [0.25, 0.3) is 0 Å². The van der Waals surface area contributed by atoms with E-state index in [9.17, 15) is 9.90 Å². The Labute approximate surface area is 92.5 Å². The Hall–Kier alpha value is -2.22. The molecule has 84 valence electrons. The van der Waals surface area contributed by atoms with Crippen LogP contribution in [0.3, 0.4) is 0 Å². The molecule has 5 nitrogen and oxygen atoms in total. The van der Waals surface area contributed by atoms with Gasteiger partial charge < -0.3 is 14.9 Å². The Kier molecular flexibility index (Phi) is 3.72. The van der Waals surface area contributed by atoms with E-state index in [1.54, 1.807) is 13.0 Å². The lowest BCUT2D eigenvalue weighted by Crippen LogP contribution is -2.14. The molecule has 1 rings (SSSR count). The summed E-state index contributed by atoms with van der Waals surface area (Å²) in [6, 6.07) is 5.55.